The van der Waals surface area contributed by atoms with Gasteiger partial charge in [-0.2, -0.15) is 0 Å². The zero-order chi connectivity index (χ0) is 26.2. The fraction of sp³-hybridized carbons (Fsp3) is 0.353. The van der Waals surface area contributed by atoms with Crippen molar-refractivity contribution in [1.82, 2.24) is 0 Å². The van der Waals surface area contributed by atoms with Crippen LogP contribution in [0.1, 0.15) is 77.6 Å². The second kappa shape index (κ2) is 12.7. The van der Waals surface area contributed by atoms with Gasteiger partial charge in [0.15, 0.2) is 13.4 Å². The van der Waals surface area contributed by atoms with Gasteiger partial charge in [-0.1, -0.05) is 138 Å². The summed E-state index contributed by atoms with van der Waals surface area (Å²) in [7, 11) is 0. The molecule has 0 unspecified atom stereocenters. The normalized spacial score (nSPS) is 10.8. The summed E-state index contributed by atoms with van der Waals surface area (Å²) in [5.74, 6) is 15.7. The molecule has 0 nitrogen and oxygen atoms in total. The monoisotopic (exact) mass is 470 g/mol. The lowest BCUT2D eigenvalue weighted by molar-refractivity contribution is 0.951. The van der Waals surface area contributed by atoms with Gasteiger partial charge in [-0.3, -0.25) is 0 Å². The summed E-state index contributed by atoms with van der Waals surface area (Å²) in [6, 6.07) is 25.8. The van der Waals surface area contributed by atoms with Crippen LogP contribution >= 0.6 is 0 Å². The summed E-state index contributed by atoms with van der Waals surface area (Å²) in [4.78, 5) is 0. The zero-order valence-electron chi connectivity index (χ0n) is 23.4. The fourth-order valence-electron chi connectivity index (χ4n) is 5.58. The summed E-state index contributed by atoms with van der Waals surface area (Å²) in [6.07, 6.45) is 0. The minimum absolute atomic E-state index is 0.579. The van der Waals surface area contributed by atoms with Crippen LogP contribution in [0, 0.1) is 23.7 Å². The lowest BCUT2D eigenvalue weighted by Crippen LogP contribution is -2.35. The van der Waals surface area contributed by atoms with Gasteiger partial charge in [-0.05, 0) is 48.5 Å². The molecule has 0 atom stereocenters. The van der Waals surface area contributed by atoms with Crippen LogP contribution in [-0.4, -0.2) is 13.4 Å². The summed E-state index contributed by atoms with van der Waals surface area (Å²) in [5.41, 5.74) is 6.92. The topological polar surface area (TPSA) is 0 Å². The van der Waals surface area contributed by atoms with E-state index in [1.165, 1.54) is 10.9 Å². The lowest BCUT2D eigenvalue weighted by Gasteiger charge is -2.21. The van der Waals surface area contributed by atoms with Crippen LogP contribution in [0.25, 0.3) is 0 Å². The molecular formula is C34H40B2. The highest BCUT2D eigenvalue weighted by Gasteiger charge is 2.24. The molecule has 3 rings (SSSR count). The number of hydrogen-bond donors (Lipinski definition) is 0. The molecule has 3 aromatic carbocycles. The Hall–Kier alpha value is -3.09. The second-order valence-corrected chi connectivity index (χ2v) is 11.3. The molecule has 36 heavy (non-hydrogen) atoms. The first kappa shape index (κ1) is 27.5. The van der Waals surface area contributed by atoms with E-state index < -0.39 is 0 Å². The molecule has 0 amide bonds. The molecule has 0 N–H and O–H groups in total. The first-order chi connectivity index (χ1) is 17.2. The van der Waals surface area contributed by atoms with E-state index in [0.29, 0.717) is 36.7 Å². The molecule has 0 aromatic heterocycles. The van der Waals surface area contributed by atoms with E-state index in [1.807, 2.05) is 0 Å². The molecule has 0 radical (unpaired) electrons. The molecule has 3 aromatic rings. The minimum atomic E-state index is 0.579. The predicted octanol–water partition coefficient (Wildman–Crippen LogP) is 7.53. The molecule has 0 fully saturated rings. The molecule has 0 saturated heterocycles. The third-order valence-electron chi connectivity index (χ3n) is 7.05. The van der Waals surface area contributed by atoms with Crippen molar-refractivity contribution in [2.24, 2.45) is 0 Å². The van der Waals surface area contributed by atoms with E-state index in [0.717, 1.165) is 22.3 Å². The van der Waals surface area contributed by atoms with Gasteiger partial charge in [0.1, 0.15) is 0 Å². The molecular weight excluding hydrogens is 430 g/mol. The molecule has 182 valence electrons. The van der Waals surface area contributed by atoms with Crippen molar-refractivity contribution in [3.63, 3.8) is 0 Å². The van der Waals surface area contributed by atoms with Gasteiger partial charge in [0, 0.05) is 22.3 Å². The van der Waals surface area contributed by atoms with Crippen molar-refractivity contribution >= 4 is 24.4 Å². The van der Waals surface area contributed by atoms with Gasteiger partial charge < -0.3 is 0 Å². The largest absolute Gasteiger partial charge is 0.181 e. The van der Waals surface area contributed by atoms with E-state index in [-0.39, 0.29) is 0 Å². The Kier molecular flexibility index (Phi) is 9.73. The molecule has 0 spiro atoms. The van der Waals surface area contributed by atoms with E-state index in [9.17, 15) is 0 Å². The Bertz CT molecular complexity index is 1110. The minimum Gasteiger partial charge on any atom is -0.0794 e. The van der Waals surface area contributed by atoms with Crippen LogP contribution in [-0.2, 0) is 0 Å². The second-order valence-electron chi connectivity index (χ2n) is 11.3. The van der Waals surface area contributed by atoms with Crippen LogP contribution in [0.5, 0.6) is 0 Å². The zero-order valence-corrected chi connectivity index (χ0v) is 23.4. The van der Waals surface area contributed by atoms with E-state index in [1.54, 1.807) is 0 Å². The van der Waals surface area contributed by atoms with Gasteiger partial charge in [-0.15, -0.1) is 0 Å². The highest BCUT2D eigenvalue weighted by molar-refractivity contribution is 6.76. The van der Waals surface area contributed by atoms with Gasteiger partial charge >= 0.3 is 0 Å². The van der Waals surface area contributed by atoms with E-state index in [2.05, 4.69) is 152 Å². The first-order valence-corrected chi connectivity index (χ1v) is 13.5. The highest BCUT2D eigenvalue weighted by Crippen LogP contribution is 2.21. The van der Waals surface area contributed by atoms with Crippen molar-refractivity contribution in [1.29, 1.82) is 0 Å². The van der Waals surface area contributed by atoms with Crippen LogP contribution in [0.3, 0.4) is 0 Å². The average Bonchev–Trinajstić information content (AvgIpc) is 2.83. The molecule has 0 aliphatic rings. The number of benzene rings is 3. The maximum absolute atomic E-state index is 3.31. The van der Waals surface area contributed by atoms with Crippen molar-refractivity contribution in [2.45, 2.75) is 78.7 Å². The Morgan fingerprint density at radius 3 is 0.750 bits per heavy atom. The van der Waals surface area contributed by atoms with Crippen molar-refractivity contribution in [2.75, 3.05) is 0 Å². The molecule has 0 aliphatic heterocycles. The van der Waals surface area contributed by atoms with Crippen molar-refractivity contribution in [3.8, 4) is 23.7 Å². The Morgan fingerprint density at radius 2 is 0.556 bits per heavy atom. The average molecular weight is 470 g/mol. The van der Waals surface area contributed by atoms with Crippen LogP contribution in [0.4, 0.5) is 0 Å². The maximum atomic E-state index is 3.31. The van der Waals surface area contributed by atoms with Gasteiger partial charge in [-0.25, -0.2) is 0 Å². The fourth-order valence-corrected chi connectivity index (χ4v) is 5.58. The molecule has 0 bridgehead atoms. The molecule has 0 heterocycles. The van der Waals surface area contributed by atoms with Crippen molar-refractivity contribution in [3.05, 3.63) is 95.1 Å². The van der Waals surface area contributed by atoms with E-state index >= 15 is 0 Å². The van der Waals surface area contributed by atoms with E-state index in [4.69, 9.17) is 0 Å². The Labute approximate surface area is 221 Å². The standard InChI is InChI=1S/C34H40B2/c1-25(2)35(26(3)4)33-21-17-31(18-22-33)15-13-29-9-11-30(12-10-29)14-16-32-19-23-34(24-20-32)36(27(5)6)28(7)8/h9-12,17-28H,1-8H3. The van der Waals surface area contributed by atoms with Crippen LogP contribution in [0.15, 0.2) is 72.8 Å². The Morgan fingerprint density at radius 1 is 0.361 bits per heavy atom. The highest BCUT2D eigenvalue weighted by atomic mass is 14.0. The number of rotatable bonds is 6. The van der Waals surface area contributed by atoms with Gasteiger partial charge in [0.05, 0.1) is 0 Å². The summed E-state index contributed by atoms with van der Waals surface area (Å²) in [5, 5.41) is 0. The predicted molar refractivity (Wildman–Crippen MR) is 162 cm³/mol. The smallest absolute Gasteiger partial charge is 0.0794 e. The molecule has 2 heteroatoms. The summed E-state index contributed by atoms with van der Waals surface area (Å²) >= 11 is 0. The first-order valence-electron chi connectivity index (χ1n) is 13.5. The lowest BCUT2D eigenvalue weighted by atomic mass is 9.32. The summed E-state index contributed by atoms with van der Waals surface area (Å²) < 4.78 is 0. The quantitative estimate of drug-likeness (QED) is 0.258. The van der Waals surface area contributed by atoms with Gasteiger partial charge in [0.25, 0.3) is 0 Å². The summed E-state index contributed by atoms with van der Waals surface area (Å²) in [6.45, 7) is 19.6. The maximum Gasteiger partial charge on any atom is 0.181 e. The SMILES string of the molecule is CC(C)B(c1ccc(C#Cc2ccc(C#Cc3ccc(B(C(C)C)C(C)C)cc3)cc2)cc1)C(C)C. The molecule has 0 aliphatic carbocycles. The van der Waals surface area contributed by atoms with Gasteiger partial charge in [0.2, 0.25) is 0 Å². The number of hydrogen-bond acceptors (Lipinski definition) is 0. The Balaban J connectivity index is 1.66. The van der Waals surface area contributed by atoms with Crippen LogP contribution < -0.4 is 10.9 Å². The third kappa shape index (κ3) is 7.45. The third-order valence-corrected chi connectivity index (χ3v) is 7.05. The molecule has 0 saturated carbocycles. The van der Waals surface area contributed by atoms with Crippen LogP contribution in [0.2, 0.25) is 23.3 Å². The van der Waals surface area contributed by atoms with Crippen molar-refractivity contribution < 1.29 is 0 Å².